The van der Waals surface area contributed by atoms with Gasteiger partial charge in [0.05, 0.1) is 40.4 Å². The number of ether oxygens (including phenoxy) is 4. The molecule has 12 nitrogen and oxygen atoms in total. The number of benzene rings is 2. The zero-order valence-electron chi connectivity index (χ0n) is 35.3. The standard InChI is InChI=1S/C42H57BCl2N2O10/c1-38(2,3)53-35(49)25-18-17-24(30(44)31(25)45)32(47-37(51)55-40(7,8)9)34(48)46-29(43-56-28-21-23-20-27(41(23,10)11)42(28,12)57-43)19-22-15-14-16-26(33(22)52-13)36(50)54-39(4,5)6/h14-18,23,27-29,32H,19-21H2,1-13H3,(H,46,48)(H,47,51)/t23-,27-,28+,29-,32?,42-/m0/s1. The summed E-state index contributed by atoms with van der Waals surface area (Å²) < 4.78 is 36.1. The Labute approximate surface area is 346 Å². The third-order valence-corrected chi connectivity index (χ3v) is 11.8. The monoisotopic (exact) mass is 830 g/mol. The molecule has 1 saturated heterocycles. The van der Waals surface area contributed by atoms with Crippen LogP contribution in [0.2, 0.25) is 10.0 Å². The first-order chi connectivity index (χ1) is 26.1. The number of alkyl carbamates (subject to hydrolysis) is 1. The molecule has 2 aromatic carbocycles. The molecule has 312 valence electrons. The second kappa shape index (κ2) is 15.9. The van der Waals surface area contributed by atoms with E-state index in [-0.39, 0.29) is 56.3 Å². The van der Waals surface area contributed by atoms with Crippen LogP contribution < -0.4 is 15.4 Å². The smallest absolute Gasteiger partial charge is 0.482 e. The van der Waals surface area contributed by atoms with Gasteiger partial charge in [0.2, 0.25) is 5.91 Å². The first-order valence-electron chi connectivity index (χ1n) is 19.4. The van der Waals surface area contributed by atoms with Gasteiger partial charge in [-0.05, 0) is 123 Å². The number of hydrogen-bond donors (Lipinski definition) is 2. The third kappa shape index (κ3) is 9.69. The van der Waals surface area contributed by atoms with Crippen molar-refractivity contribution < 1.29 is 47.4 Å². The quantitative estimate of drug-likeness (QED) is 0.136. The fraction of sp³-hybridized carbons (Fsp3) is 0.619. The van der Waals surface area contributed by atoms with Gasteiger partial charge in [0.15, 0.2) is 0 Å². The molecule has 57 heavy (non-hydrogen) atoms. The van der Waals surface area contributed by atoms with E-state index in [2.05, 4.69) is 31.4 Å². The maximum atomic E-state index is 14.7. The van der Waals surface area contributed by atoms with Crippen molar-refractivity contribution >= 4 is 54.3 Å². The fourth-order valence-electron chi connectivity index (χ4n) is 8.26. The first-order valence-corrected chi connectivity index (χ1v) is 20.1. The average molecular weight is 832 g/mol. The van der Waals surface area contributed by atoms with E-state index >= 15 is 0 Å². The number of para-hydroxylation sites is 1. The molecule has 1 aliphatic heterocycles. The van der Waals surface area contributed by atoms with Crippen molar-refractivity contribution in [2.24, 2.45) is 17.3 Å². The molecule has 0 radical (unpaired) electrons. The van der Waals surface area contributed by atoms with Gasteiger partial charge in [0.25, 0.3) is 0 Å². The zero-order chi connectivity index (χ0) is 42.6. The molecule has 4 aliphatic rings. The largest absolute Gasteiger partial charge is 0.496 e. The van der Waals surface area contributed by atoms with Gasteiger partial charge in [0.1, 0.15) is 34.2 Å². The molecule has 2 bridgehead atoms. The van der Waals surface area contributed by atoms with Gasteiger partial charge < -0.3 is 38.9 Å². The van der Waals surface area contributed by atoms with E-state index in [0.717, 1.165) is 12.8 Å². The fourth-order valence-corrected chi connectivity index (χ4v) is 8.78. The number of carbonyl (C=O) groups is 4. The van der Waals surface area contributed by atoms with Gasteiger partial charge in [-0.1, -0.05) is 55.2 Å². The van der Waals surface area contributed by atoms with Gasteiger partial charge in [-0.3, -0.25) is 4.79 Å². The van der Waals surface area contributed by atoms with Crippen molar-refractivity contribution in [3.05, 3.63) is 62.6 Å². The Morgan fingerprint density at radius 2 is 1.42 bits per heavy atom. The van der Waals surface area contributed by atoms with E-state index in [9.17, 15) is 19.2 Å². The van der Waals surface area contributed by atoms with Crippen LogP contribution in [0.3, 0.4) is 0 Å². The number of hydrogen-bond acceptors (Lipinski definition) is 10. The number of rotatable bonds is 10. The summed E-state index contributed by atoms with van der Waals surface area (Å²) in [6.45, 7) is 22.1. The number of methoxy groups -OCH3 is 1. The van der Waals surface area contributed by atoms with Crippen LogP contribution in [0.1, 0.15) is 134 Å². The lowest BCUT2D eigenvalue weighted by Gasteiger charge is -2.64. The van der Waals surface area contributed by atoms with Gasteiger partial charge in [0, 0.05) is 5.56 Å². The van der Waals surface area contributed by atoms with Crippen LogP contribution in [0, 0.1) is 17.3 Å². The Balaban J connectivity index is 1.55. The number of nitrogens with one attached hydrogen (secondary N) is 2. The molecule has 0 spiro atoms. The summed E-state index contributed by atoms with van der Waals surface area (Å²) in [7, 11) is 0.520. The molecule has 3 saturated carbocycles. The molecule has 2 aromatic rings. The van der Waals surface area contributed by atoms with Crippen molar-refractivity contribution in [3.8, 4) is 5.75 Å². The van der Waals surface area contributed by atoms with Crippen LogP contribution in [0.5, 0.6) is 5.75 Å². The molecular weight excluding hydrogens is 774 g/mol. The highest BCUT2D eigenvalue weighted by molar-refractivity contribution is 6.48. The Morgan fingerprint density at radius 3 is 1.98 bits per heavy atom. The molecule has 15 heteroatoms. The van der Waals surface area contributed by atoms with E-state index in [1.165, 1.54) is 19.2 Å². The molecule has 3 aliphatic carbocycles. The summed E-state index contributed by atoms with van der Waals surface area (Å²) in [5, 5.41) is 5.43. The average Bonchev–Trinajstić information content (AvgIpc) is 3.43. The molecule has 1 unspecified atom stereocenters. The summed E-state index contributed by atoms with van der Waals surface area (Å²) in [5.74, 6) is -1.90. The van der Waals surface area contributed by atoms with Gasteiger partial charge >= 0.3 is 25.2 Å². The minimum Gasteiger partial charge on any atom is -0.496 e. The number of amides is 2. The Kier molecular flexibility index (Phi) is 12.5. The molecular formula is C42H57BCl2N2O10. The van der Waals surface area contributed by atoms with Crippen LogP contribution in [-0.2, 0) is 34.7 Å². The maximum absolute atomic E-state index is 14.7. The number of halogens is 2. The van der Waals surface area contributed by atoms with Crippen LogP contribution >= 0.6 is 23.2 Å². The molecule has 2 amide bonds. The van der Waals surface area contributed by atoms with E-state index in [0.29, 0.717) is 11.5 Å². The van der Waals surface area contributed by atoms with Crippen LogP contribution in [0.4, 0.5) is 4.79 Å². The second-order valence-electron chi connectivity index (χ2n) is 19.1. The minimum absolute atomic E-state index is 0.0171. The molecule has 1 heterocycles. The predicted octanol–water partition coefficient (Wildman–Crippen LogP) is 8.47. The van der Waals surface area contributed by atoms with Gasteiger partial charge in [-0.2, -0.15) is 0 Å². The topological polar surface area (TPSA) is 148 Å². The van der Waals surface area contributed by atoms with Crippen molar-refractivity contribution in [3.63, 3.8) is 0 Å². The highest BCUT2D eigenvalue weighted by Gasteiger charge is 2.68. The molecule has 6 rings (SSSR count). The lowest BCUT2D eigenvalue weighted by atomic mass is 9.43. The molecule has 2 N–H and O–H groups in total. The zero-order valence-corrected chi connectivity index (χ0v) is 36.8. The normalized spacial score (nSPS) is 23.6. The molecule has 0 aromatic heterocycles. The Hall–Kier alpha value is -3.52. The van der Waals surface area contributed by atoms with Crippen molar-refractivity contribution in [1.82, 2.24) is 10.6 Å². The molecule has 6 atom stereocenters. The van der Waals surface area contributed by atoms with Crippen molar-refractivity contribution in [1.29, 1.82) is 0 Å². The van der Waals surface area contributed by atoms with Gasteiger partial charge in [-0.25, -0.2) is 14.4 Å². The van der Waals surface area contributed by atoms with Crippen LogP contribution in [-0.4, -0.2) is 72.6 Å². The minimum atomic E-state index is -1.47. The van der Waals surface area contributed by atoms with Gasteiger partial charge in [-0.15, -0.1) is 0 Å². The summed E-state index contributed by atoms with van der Waals surface area (Å²) >= 11 is 13.5. The highest BCUT2D eigenvalue weighted by atomic mass is 35.5. The first kappa shape index (κ1) is 44.6. The SMILES string of the molecule is COc1c(C[C@H](NC(=O)C(NC(=O)OC(C)(C)C)c2ccc(C(=O)OC(C)(C)C)c(Cl)c2Cl)B2O[C@@H]3C[C@@H]4C[C@@H](C4(C)C)[C@]3(C)O2)cccc1C(=O)OC(C)(C)C. The summed E-state index contributed by atoms with van der Waals surface area (Å²) in [6.07, 6.45) is 0.776. The summed E-state index contributed by atoms with van der Waals surface area (Å²) in [6, 6.07) is 6.47. The highest BCUT2D eigenvalue weighted by Crippen LogP contribution is 2.65. The molecule has 4 fully saturated rings. The van der Waals surface area contributed by atoms with Crippen LogP contribution in [0.25, 0.3) is 0 Å². The Morgan fingerprint density at radius 1 is 0.825 bits per heavy atom. The van der Waals surface area contributed by atoms with Crippen molar-refractivity contribution in [2.45, 2.75) is 143 Å². The second-order valence-corrected chi connectivity index (χ2v) is 19.8. The predicted molar refractivity (Wildman–Crippen MR) is 218 cm³/mol. The summed E-state index contributed by atoms with van der Waals surface area (Å²) in [4.78, 5) is 54.4. The Bertz CT molecular complexity index is 1900. The van der Waals surface area contributed by atoms with Crippen molar-refractivity contribution in [2.75, 3.05) is 7.11 Å². The maximum Gasteiger partial charge on any atom is 0.482 e. The van der Waals surface area contributed by atoms with Crippen LogP contribution in [0.15, 0.2) is 30.3 Å². The number of carbonyl (C=O) groups excluding carboxylic acids is 4. The number of esters is 2. The lowest BCUT2D eigenvalue weighted by Crippen LogP contribution is -2.65. The third-order valence-electron chi connectivity index (χ3n) is 10.9. The van der Waals surface area contributed by atoms with E-state index < -0.39 is 65.4 Å². The summed E-state index contributed by atoms with van der Waals surface area (Å²) in [5.41, 5.74) is -2.19. The van der Waals surface area contributed by atoms with E-state index in [1.807, 2.05) is 0 Å². The van der Waals surface area contributed by atoms with E-state index in [4.69, 9.17) is 51.5 Å². The lowest BCUT2D eigenvalue weighted by molar-refractivity contribution is -0.199. The van der Waals surface area contributed by atoms with E-state index in [1.54, 1.807) is 80.5 Å².